The van der Waals surface area contributed by atoms with Crippen molar-refractivity contribution in [1.29, 1.82) is 0 Å². The van der Waals surface area contributed by atoms with Gasteiger partial charge in [0, 0.05) is 20.2 Å². The van der Waals surface area contributed by atoms with E-state index in [1.54, 1.807) is 32.3 Å². The molecule has 0 fully saturated rings. The van der Waals surface area contributed by atoms with E-state index in [4.69, 9.17) is 14.2 Å². The molecule has 1 aromatic carbocycles. The van der Waals surface area contributed by atoms with Gasteiger partial charge in [-0.3, -0.25) is 9.59 Å². The Morgan fingerprint density at radius 1 is 1.25 bits per heavy atom. The third kappa shape index (κ3) is 5.01. The average Bonchev–Trinajstić information content (AvgIpc) is 3.03. The number of esters is 1. The molecular weight excluding hydrogens is 316 g/mol. The van der Waals surface area contributed by atoms with E-state index in [1.807, 2.05) is 0 Å². The van der Waals surface area contributed by atoms with Crippen LogP contribution in [0.25, 0.3) is 6.08 Å². The van der Waals surface area contributed by atoms with Crippen LogP contribution in [0.4, 0.5) is 0 Å². The molecule has 0 bridgehead atoms. The van der Waals surface area contributed by atoms with Gasteiger partial charge in [-0.2, -0.15) is 0 Å². The molecule has 1 aromatic rings. The van der Waals surface area contributed by atoms with Gasteiger partial charge in [0.2, 0.25) is 12.7 Å². The van der Waals surface area contributed by atoms with Gasteiger partial charge >= 0.3 is 5.97 Å². The zero-order valence-electron chi connectivity index (χ0n) is 13.4. The second-order valence-electron chi connectivity index (χ2n) is 5.12. The highest BCUT2D eigenvalue weighted by molar-refractivity contribution is 5.90. The van der Waals surface area contributed by atoms with Crippen LogP contribution in [-0.2, 0) is 19.1 Å². The first-order chi connectivity index (χ1) is 11.5. The van der Waals surface area contributed by atoms with Crippen LogP contribution >= 0.6 is 0 Å². The molecule has 2 amide bonds. The summed E-state index contributed by atoms with van der Waals surface area (Å²) in [5.41, 5.74) is 0.734. The largest absolute Gasteiger partial charge is 0.454 e. The lowest BCUT2D eigenvalue weighted by Gasteiger charge is -2.10. The molecule has 0 atom stereocenters. The number of nitrogens with one attached hydrogen (secondary N) is 1. The van der Waals surface area contributed by atoms with E-state index in [0.717, 1.165) is 5.56 Å². The minimum absolute atomic E-state index is 0.142. The molecule has 1 aliphatic heterocycles. The monoisotopic (exact) mass is 334 g/mol. The third-order valence-electron chi connectivity index (χ3n) is 3.09. The summed E-state index contributed by atoms with van der Waals surface area (Å²) in [4.78, 5) is 35.7. The Morgan fingerprint density at radius 2 is 2.00 bits per heavy atom. The van der Waals surface area contributed by atoms with Gasteiger partial charge in [0.1, 0.15) is 0 Å². The quantitative estimate of drug-likeness (QED) is 0.589. The van der Waals surface area contributed by atoms with E-state index >= 15 is 0 Å². The van der Waals surface area contributed by atoms with E-state index in [0.29, 0.717) is 11.5 Å². The summed E-state index contributed by atoms with van der Waals surface area (Å²) in [6.45, 7) is -0.419. The van der Waals surface area contributed by atoms with Crippen molar-refractivity contribution in [3.8, 4) is 11.5 Å². The lowest BCUT2D eigenvalue weighted by atomic mass is 10.2. The maximum Gasteiger partial charge on any atom is 0.331 e. The SMILES string of the molecule is CN(C)C(=O)CNC(=O)COC(=O)/C=C/c1ccc2c(c1)OCO2. The fourth-order valence-corrected chi connectivity index (χ4v) is 1.75. The van der Waals surface area contributed by atoms with Crippen LogP contribution in [0.5, 0.6) is 11.5 Å². The number of ether oxygens (including phenoxy) is 3. The molecule has 0 saturated heterocycles. The Kier molecular flexibility index (Phi) is 5.78. The number of hydrogen-bond acceptors (Lipinski definition) is 6. The molecule has 8 nitrogen and oxygen atoms in total. The van der Waals surface area contributed by atoms with Gasteiger partial charge in [-0.1, -0.05) is 6.07 Å². The van der Waals surface area contributed by atoms with Crippen molar-refractivity contribution in [1.82, 2.24) is 10.2 Å². The summed E-state index contributed by atoms with van der Waals surface area (Å²) < 4.78 is 15.2. The van der Waals surface area contributed by atoms with Gasteiger partial charge in [0.05, 0.1) is 6.54 Å². The van der Waals surface area contributed by atoms with Gasteiger partial charge < -0.3 is 24.4 Å². The predicted molar refractivity (Wildman–Crippen MR) is 84.3 cm³/mol. The standard InChI is InChI=1S/C16H18N2O6/c1-18(2)15(20)8-17-14(19)9-22-16(21)6-4-11-3-5-12-13(7-11)24-10-23-12/h3-7H,8-10H2,1-2H3,(H,17,19)/b6-4+. The fraction of sp³-hybridized carbons (Fsp3) is 0.312. The molecule has 1 heterocycles. The molecule has 0 spiro atoms. The van der Waals surface area contributed by atoms with Crippen molar-refractivity contribution < 1.29 is 28.6 Å². The van der Waals surface area contributed by atoms with Crippen molar-refractivity contribution in [3.63, 3.8) is 0 Å². The summed E-state index contributed by atoms with van der Waals surface area (Å²) in [6, 6.07) is 5.23. The molecule has 0 radical (unpaired) electrons. The summed E-state index contributed by atoms with van der Waals surface area (Å²) in [7, 11) is 3.16. The number of fused-ring (bicyclic) bond motifs is 1. The second-order valence-corrected chi connectivity index (χ2v) is 5.12. The summed E-state index contributed by atoms with van der Waals surface area (Å²) in [5.74, 6) is -0.205. The van der Waals surface area contributed by atoms with Crippen LogP contribution < -0.4 is 14.8 Å². The number of carbonyl (C=O) groups is 3. The number of amides is 2. The van der Waals surface area contributed by atoms with Crippen molar-refractivity contribution in [2.24, 2.45) is 0 Å². The van der Waals surface area contributed by atoms with Crippen molar-refractivity contribution in [2.75, 3.05) is 34.0 Å². The van der Waals surface area contributed by atoms with Crippen LogP contribution in [0, 0.1) is 0 Å². The lowest BCUT2D eigenvalue weighted by Crippen LogP contribution is -2.38. The van der Waals surface area contributed by atoms with E-state index in [-0.39, 0.29) is 19.2 Å². The first-order valence-corrected chi connectivity index (χ1v) is 7.17. The summed E-state index contributed by atoms with van der Waals surface area (Å²) in [6.07, 6.45) is 2.74. The first-order valence-electron chi connectivity index (χ1n) is 7.17. The Labute approximate surface area is 139 Å². The Balaban J connectivity index is 1.75. The van der Waals surface area contributed by atoms with E-state index < -0.39 is 18.5 Å². The number of rotatable bonds is 6. The molecule has 0 aromatic heterocycles. The van der Waals surface area contributed by atoms with Crippen LogP contribution in [0.15, 0.2) is 24.3 Å². The topological polar surface area (TPSA) is 94.2 Å². The highest BCUT2D eigenvalue weighted by Crippen LogP contribution is 2.32. The van der Waals surface area contributed by atoms with Crippen molar-refractivity contribution in [3.05, 3.63) is 29.8 Å². The third-order valence-corrected chi connectivity index (χ3v) is 3.09. The molecule has 8 heteroatoms. The molecule has 2 rings (SSSR count). The maximum absolute atomic E-state index is 11.6. The highest BCUT2D eigenvalue weighted by atomic mass is 16.7. The van der Waals surface area contributed by atoms with Gasteiger partial charge in [0.25, 0.3) is 5.91 Å². The fourth-order valence-electron chi connectivity index (χ4n) is 1.75. The molecule has 24 heavy (non-hydrogen) atoms. The Bertz CT molecular complexity index is 669. The minimum Gasteiger partial charge on any atom is -0.454 e. The van der Waals surface area contributed by atoms with Gasteiger partial charge in [-0.15, -0.1) is 0 Å². The van der Waals surface area contributed by atoms with Crippen LogP contribution in [0.1, 0.15) is 5.56 Å². The number of hydrogen-bond donors (Lipinski definition) is 1. The highest BCUT2D eigenvalue weighted by Gasteiger charge is 2.12. The van der Waals surface area contributed by atoms with E-state index in [1.165, 1.54) is 17.1 Å². The minimum atomic E-state index is -0.665. The number of nitrogens with zero attached hydrogens (tertiary/aromatic N) is 1. The lowest BCUT2D eigenvalue weighted by molar-refractivity contribution is -0.144. The van der Waals surface area contributed by atoms with E-state index in [2.05, 4.69) is 5.32 Å². The molecule has 0 unspecified atom stereocenters. The zero-order valence-corrected chi connectivity index (χ0v) is 13.4. The summed E-state index contributed by atoms with van der Waals surface area (Å²) in [5, 5.41) is 2.36. The van der Waals surface area contributed by atoms with Crippen molar-refractivity contribution >= 4 is 23.9 Å². The smallest absolute Gasteiger partial charge is 0.331 e. The molecule has 1 aliphatic rings. The van der Waals surface area contributed by atoms with Gasteiger partial charge in [-0.25, -0.2) is 4.79 Å². The molecular formula is C16H18N2O6. The number of likely N-dealkylation sites (N-methyl/N-ethyl adjacent to an activating group) is 1. The van der Waals surface area contributed by atoms with Gasteiger partial charge in [-0.05, 0) is 23.8 Å². The Hall–Kier alpha value is -3.03. The summed E-state index contributed by atoms with van der Waals surface area (Å²) >= 11 is 0. The predicted octanol–water partition coefficient (Wildman–Crippen LogP) is 0.176. The molecule has 0 aliphatic carbocycles. The van der Waals surface area contributed by atoms with Crippen LogP contribution in [-0.4, -0.2) is 56.7 Å². The Morgan fingerprint density at radius 3 is 2.75 bits per heavy atom. The van der Waals surface area contributed by atoms with Crippen molar-refractivity contribution in [2.45, 2.75) is 0 Å². The second kappa shape index (κ2) is 8.00. The first kappa shape index (κ1) is 17.3. The number of benzene rings is 1. The van der Waals surface area contributed by atoms with Gasteiger partial charge in [0.15, 0.2) is 18.1 Å². The van der Waals surface area contributed by atoms with E-state index in [9.17, 15) is 14.4 Å². The normalized spacial score (nSPS) is 12.1. The number of carbonyl (C=O) groups excluding carboxylic acids is 3. The molecule has 1 N–H and O–H groups in total. The molecule has 128 valence electrons. The van der Waals surface area contributed by atoms with Crippen LogP contribution in [0.2, 0.25) is 0 Å². The van der Waals surface area contributed by atoms with Crippen LogP contribution in [0.3, 0.4) is 0 Å². The molecule has 0 saturated carbocycles. The zero-order chi connectivity index (χ0) is 17.5. The maximum atomic E-state index is 11.6. The average molecular weight is 334 g/mol.